The summed E-state index contributed by atoms with van der Waals surface area (Å²) in [6, 6.07) is 0. The first-order valence-electron chi connectivity index (χ1n) is 7.59. The number of imidazole rings is 1. The Morgan fingerprint density at radius 3 is 2.54 bits per heavy atom. The topological polar surface area (TPSA) is 122 Å². The summed E-state index contributed by atoms with van der Waals surface area (Å²) in [7, 11) is 1.48. The van der Waals surface area contributed by atoms with E-state index in [1.165, 1.54) is 16.2 Å². The Morgan fingerprint density at radius 1 is 1.33 bits per heavy atom. The second-order valence-electron chi connectivity index (χ2n) is 6.04. The third-order valence-electron chi connectivity index (χ3n) is 3.98. The first kappa shape index (κ1) is 16.2. The van der Waals surface area contributed by atoms with Gasteiger partial charge in [-0.3, -0.25) is 23.7 Å². The van der Waals surface area contributed by atoms with E-state index in [9.17, 15) is 19.5 Å². The van der Waals surface area contributed by atoms with Crippen LogP contribution in [0.5, 0.6) is 0 Å². The number of aryl methyl sites for hydroxylation is 1. The fraction of sp³-hybridized carbons (Fsp3) is 0.571. The van der Waals surface area contributed by atoms with Crippen LogP contribution >= 0.6 is 0 Å². The number of rotatable bonds is 3. The van der Waals surface area contributed by atoms with Crippen LogP contribution in [0.2, 0.25) is 0 Å². The molecule has 1 saturated heterocycles. The first-order valence-corrected chi connectivity index (χ1v) is 7.59. The van der Waals surface area contributed by atoms with Gasteiger partial charge < -0.3 is 14.7 Å². The number of aromatic nitrogens is 4. The van der Waals surface area contributed by atoms with Gasteiger partial charge in [0.05, 0.1) is 12.2 Å². The van der Waals surface area contributed by atoms with Gasteiger partial charge in [-0.25, -0.2) is 4.79 Å². The quantitative estimate of drug-likeness (QED) is 0.746. The Hall–Kier alpha value is -2.62. The monoisotopic (exact) mass is 337 g/mol. The number of anilines is 1. The number of aromatic amines is 1. The van der Waals surface area contributed by atoms with Crippen molar-refractivity contribution < 1.29 is 14.6 Å². The van der Waals surface area contributed by atoms with E-state index >= 15 is 0 Å². The molecule has 10 heteroatoms. The average molecular weight is 337 g/mol. The summed E-state index contributed by atoms with van der Waals surface area (Å²) in [5, 5.41) is 9.21. The number of hydrogen-bond donors (Lipinski definition) is 2. The van der Waals surface area contributed by atoms with Crippen LogP contribution in [0.25, 0.3) is 11.2 Å². The molecule has 0 amide bonds. The third kappa shape index (κ3) is 2.68. The molecule has 1 aliphatic rings. The highest BCUT2D eigenvalue weighted by atomic mass is 16.5. The molecule has 2 N–H and O–H groups in total. The molecular weight excluding hydrogens is 318 g/mol. The molecule has 0 spiro atoms. The van der Waals surface area contributed by atoms with Crippen LogP contribution in [0, 0.1) is 0 Å². The summed E-state index contributed by atoms with van der Waals surface area (Å²) >= 11 is 0. The summed E-state index contributed by atoms with van der Waals surface area (Å²) in [6.45, 7) is 4.43. The highest BCUT2D eigenvalue weighted by Gasteiger charge is 2.28. The molecule has 10 nitrogen and oxygen atoms in total. The van der Waals surface area contributed by atoms with Crippen molar-refractivity contribution in [3.05, 3.63) is 20.8 Å². The van der Waals surface area contributed by atoms with Crippen LogP contribution in [0.3, 0.4) is 0 Å². The van der Waals surface area contributed by atoms with Gasteiger partial charge in [0, 0.05) is 20.1 Å². The fourth-order valence-electron chi connectivity index (χ4n) is 3.09. The molecule has 2 atom stereocenters. The lowest BCUT2D eigenvalue weighted by atomic mass is 10.2. The number of aliphatic carboxylic acids is 1. The van der Waals surface area contributed by atoms with Gasteiger partial charge >= 0.3 is 11.7 Å². The molecule has 1 aliphatic heterocycles. The van der Waals surface area contributed by atoms with E-state index in [2.05, 4.69) is 9.97 Å². The predicted octanol–water partition coefficient (Wildman–Crippen LogP) is -0.878. The lowest BCUT2D eigenvalue weighted by molar-refractivity contribution is -0.137. The van der Waals surface area contributed by atoms with Gasteiger partial charge in [-0.1, -0.05) is 0 Å². The fourth-order valence-corrected chi connectivity index (χ4v) is 3.09. The van der Waals surface area contributed by atoms with Gasteiger partial charge in [0.25, 0.3) is 5.56 Å². The number of fused-ring (bicyclic) bond motifs is 1. The molecule has 0 radical (unpaired) electrons. The lowest BCUT2D eigenvalue weighted by Gasteiger charge is -2.35. The summed E-state index contributed by atoms with van der Waals surface area (Å²) in [5.41, 5.74) is -1.02. The third-order valence-corrected chi connectivity index (χ3v) is 3.98. The Morgan fingerprint density at radius 2 is 1.96 bits per heavy atom. The Balaban J connectivity index is 2.25. The van der Waals surface area contributed by atoms with Crippen LogP contribution in [-0.4, -0.2) is 55.5 Å². The highest BCUT2D eigenvalue weighted by molar-refractivity contribution is 5.78. The Labute approximate surface area is 136 Å². The molecule has 2 aromatic heterocycles. The largest absolute Gasteiger partial charge is 0.480 e. The molecule has 3 heterocycles. The zero-order valence-corrected chi connectivity index (χ0v) is 13.6. The van der Waals surface area contributed by atoms with E-state index in [4.69, 9.17) is 4.74 Å². The van der Waals surface area contributed by atoms with Crippen LogP contribution in [-0.2, 0) is 23.1 Å². The molecule has 3 rings (SSSR count). The van der Waals surface area contributed by atoms with Crippen LogP contribution in [0.4, 0.5) is 5.95 Å². The molecule has 130 valence electrons. The second kappa shape index (κ2) is 5.78. The molecule has 0 saturated carbocycles. The van der Waals surface area contributed by atoms with Crippen LogP contribution < -0.4 is 16.1 Å². The maximum absolute atomic E-state index is 12.2. The maximum atomic E-state index is 12.2. The zero-order chi connectivity index (χ0) is 17.6. The summed E-state index contributed by atoms with van der Waals surface area (Å²) < 4.78 is 8.22. The Bertz CT molecular complexity index is 901. The van der Waals surface area contributed by atoms with E-state index in [1.807, 2.05) is 18.7 Å². The number of carboxylic acid groups (broad SMARTS) is 1. The highest BCUT2D eigenvalue weighted by Crippen LogP contribution is 2.23. The number of carboxylic acids is 1. The lowest BCUT2D eigenvalue weighted by Crippen LogP contribution is -2.46. The standard InChI is InChI=1S/C14H19N5O5/c1-7-4-18(5-8(2)24-7)13-15-11-10(19(13)6-9(20)21)12(22)16-14(23)17(11)3/h7-8H,4-6H2,1-3H3,(H,20,21)(H,16,22,23)/t7-,8+. The second-order valence-corrected chi connectivity index (χ2v) is 6.04. The molecule has 0 bridgehead atoms. The molecule has 0 aliphatic carbocycles. The minimum atomic E-state index is -1.10. The number of ether oxygens (including phenoxy) is 1. The minimum Gasteiger partial charge on any atom is -0.480 e. The number of morpholine rings is 1. The van der Waals surface area contributed by atoms with E-state index in [0.29, 0.717) is 19.0 Å². The number of nitrogens with one attached hydrogen (secondary N) is 1. The number of nitrogens with zero attached hydrogens (tertiary/aromatic N) is 4. The van der Waals surface area contributed by atoms with Crippen molar-refractivity contribution >= 4 is 23.1 Å². The van der Waals surface area contributed by atoms with Gasteiger partial charge in [-0.2, -0.15) is 4.98 Å². The van der Waals surface area contributed by atoms with Gasteiger partial charge in [0.1, 0.15) is 6.54 Å². The van der Waals surface area contributed by atoms with Gasteiger partial charge in [-0.05, 0) is 13.8 Å². The maximum Gasteiger partial charge on any atom is 0.329 e. The number of carbonyl (C=O) groups is 1. The molecule has 0 aromatic carbocycles. The van der Waals surface area contributed by atoms with Crippen molar-refractivity contribution in [2.45, 2.75) is 32.6 Å². The molecular formula is C14H19N5O5. The normalized spacial score (nSPS) is 21.4. The van der Waals surface area contributed by atoms with E-state index < -0.39 is 23.8 Å². The summed E-state index contributed by atoms with van der Waals surface area (Å²) in [6.07, 6.45) is -0.122. The van der Waals surface area contributed by atoms with Crippen molar-refractivity contribution in [1.29, 1.82) is 0 Å². The van der Waals surface area contributed by atoms with Gasteiger partial charge in [0.15, 0.2) is 11.2 Å². The van der Waals surface area contributed by atoms with E-state index in [-0.39, 0.29) is 23.4 Å². The minimum absolute atomic E-state index is 0.0612. The molecule has 24 heavy (non-hydrogen) atoms. The molecule has 1 fully saturated rings. The first-order chi connectivity index (χ1) is 11.3. The van der Waals surface area contributed by atoms with Gasteiger partial charge in [-0.15, -0.1) is 0 Å². The summed E-state index contributed by atoms with van der Waals surface area (Å²) in [5.74, 6) is -0.751. The molecule has 2 aromatic rings. The number of H-pyrrole nitrogens is 1. The summed E-state index contributed by atoms with van der Waals surface area (Å²) in [4.78, 5) is 43.7. The molecule has 0 unspecified atom stereocenters. The van der Waals surface area contributed by atoms with Crippen LogP contribution in [0.15, 0.2) is 9.59 Å². The average Bonchev–Trinajstić information content (AvgIpc) is 2.83. The smallest absolute Gasteiger partial charge is 0.329 e. The van der Waals surface area contributed by atoms with Crippen molar-refractivity contribution in [2.75, 3.05) is 18.0 Å². The van der Waals surface area contributed by atoms with Crippen molar-refractivity contribution in [1.82, 2.24) is 19.1 Å². The van der Waals surface area contributed by atoms with Gasteiger partial charge in [0.2, 0.25) is 5.95 Å². The number of hydrogen-bond acceptors (Lipinski definition) is 6. The van der Waals surface area contributed by atoms with Crippen molar-refractivity contribution in [2.24, 2.45) is 7.05 Å². The van der Waals surface area contributed by atoms with E-state index in [0.717, 1.165) is 0 Å². The zero-order valence-electron chi connectivity index (χ0n) is 13.6. The van der Waals surface area contributed by atoms with Crippen molar-refractivity contribution in [3.63, 3.8) is 0 Å². The van der Waals surface area contributed by atoms with Crippen LogP contribution in [0.1, 0.15) is 13.8 Å². The van der Waals surface area contributed by atoms with Crippen molar-refractivity contribution in [3.8, 4) is 0 Å². The Kier molecular flexibility index (Phi) is 3.91. The SMILES string of the molecule is C[C@@H]1CN(c2nc3c(c(=O)[nH]c(=O)n3C)n2CC(=O)O)C[C@H](C)O1. The predicted molar refractivity (Wildman–Crippen MR) is 85.5 cm³/mol. The van der Waals surface area contributed by atoms with E-state index in [1.54, 1.807) is 0 Å².